The van der Waals surface area contributed by atoms with Crippen molar-refractivity contribution in [3.8, 4) is 0 Å². The van der Waals surface area contributed by atoms with E-state index in [0.717, 1.165) is 4.68 Å². The summed E-state index contributed by atoms with van der Waals surface area (Å²) in [5, 5.41) is 18.9. The monoisotopic (exact) mass is 374 g/mol. The molecule has 1 atom stereocenters. The molecule has 2 rings (SSSR count). The smallest absolute Gasteiger partial charge is 0.326 e. The van der Waals surface area contributed by atoms with Gasteiger partial charge in [-0.2, -0.15) is 5.10 Å². The standard InChI is InChI=1S/C18H22N4O5/c1-11(2)7-14(18(26)27)21-15(23)9-19-16(24)10-22-17(25)13-6-4-3-5-12(13)8-20-22/h3-6,8,11,14H,7,9-10H2,1-2H3,(H,19,24)(H,21,23)(H,26,27)/t14-/m0/s1. The van der Waals surface area contributed by atoms with Crippen LogP contribution in [0.2, 0.25) is 0 Å². The van der Waals surface area contributed by atoms with Crippen LogP contribution in [0.5, 0.6) is 0 Å². The quantitative estimate of drug-likeness (QED) is 0.602. The van der Waals surface area contributed by atoms with Crippen LogP contribution in [0.3, 0.4) is 0 Å². The molecule has 27 heavy (non-hydrogen) atoms. The van der Waals surface area contributed by atoms with Crippen molar-refractivity contribution in [2.24, 2.45) is 5.92 Å². The number of benzene rings is 1. The zero-order chi connectivity index (χ0) is 20.0. The third-order valence-corrected chi connectivity index (χ3v) is 3.84. The summed E-state index contributed by atoms with van der Waals surface area (Å²) in [5.41, 5.74) is -0.407. The van der Waals surface area contributed by atoms with E-state index in [1.807, 2.05) is 13.8 Å². The van der Waals surface area contributed by atoms with Crippen molar-refractivity contribution >= 4 is 28.6 Å². The maximum absolute atomic E-state index is 12.3. The SMILES string of the molecule is CC(C)C[C@H](NC(=O)CNC(=O)Cn1ncc2ccccc2c1=O)C(=O)O. The molecule has 0 unspecified atom stereocenters. The van der Waals surface area contributed by atoms with E-state index in [1.54, 1.807) is 24.3 Å². The van der Waals surface area contributed by atoms with Gasteiger partial charge < -0.3 is 15.7 Å². The Labute approximate surface area is 155 Å². The van der Waals surface area contributed by atoms with E-state index >= 15 is 0 Å². The molecule has 0 saturated heterocycles. The molecule has 1 aromatic carbocycles. The summed E-state index contributed by atoms with van der Waals surface area (Å²) >= 11 is 0. The van der Waals surface area contributed by atoms with Gasteiger partial charge in [-0.05, 0) is 18.4 Å². The van der Waals surface area contributed by atoms with Gasteiger partial charge in [0.2, 0.25) is 11.8 Å². The molecule has 0 saturated carbocycles. The van der Waals surface area contributed by atoms with E-state index < -0.39 is 29.4 Å². The second-order valence-electron chi connectivity index (χ2n) is 6.56. The highest BCUT2D eigenvalue weighted by atomic mass is 16.4. The number of nitrogens with one attached hydrogen (secondary N) is 2. The molecule has 9 nitrogen and oxygen atoms in total. The van der Waals surface area contributed by atoms with Crippen molar-refractivity contribution in [3.63, 3.8) is 0 Å². The van der Waals surface area contributed by atoms with Gasteiger partial charge in [0.15, 0.2) is 0 Å². The van der Waals surface area contributed by atoms with Gasteiger partial charge in [-0.15, -0.1) is 0 Å². The van der Waals surface area contributed by atoms with E-state index in [2.05, 4.69) is 15.7 Å². The minimum atomic E-state index is -1.13. The lowest BCUT2D eigenvalue weighted by molar-refractivity contribution is -0.142. The van der Waals surface area contributed by atoms with Crippen molar-refractivity contribution in [1.29, 1.82) is 0 Å². The average Bonchev–Trinajstić information content (AvgIpc) is 2.61. The van der Waals surface area contributed by atoms with Crippen LogP contribution in [-0.4, -0.2) is 45.3 Å². The van der Waals surface area contributed by atoms with Gasteiger partial charge in [-0.1, -0.05) is 32.0 Å². The van der Waals surface area contributed by atoms with Gasteiger partial charge in [-0.25, -0.2) is 9.48 Å². The van der Waals surface area contributed by atoms with Crippen LogP contribution in [0.25, 0.3) is 10.8 Å². The van der Waals surface area contributed by atoms with Gasteiger partial charge in [0.25, 0.3) is 5.56 Å². The summed E-state index contributed by atoms with van der Waals surface area (Å²) in [6, 6.07) is 5.87. The van der Waals surface area contributed by atoms with Crippen LogP contribution >= 0.6 is 0 Å². The van der Waals surface area contributed by atoms with Gasteiger partial charge in [0.05, 0.1) is 18.1 Å². The van der Waals surface area contributed by atoms with Crippen LogP contribution < -0.4 is 16.2 Å². The fourth-order valence-electron chi connectivity index (χ4n) is 2.55. The summed E-state index contributed by atoms with van der Waals surface area (Å²) in [5.74, 6) is -2.23. The number of carboxylic acid groups (broad SMARTS) is 1. The van der Waals surface area contributed by atoms with Gasteiger partial charge >= 0.3 is 5.97 Å². The van der Waals surface area contributed by atoms with Crippen molar-refractivity contribution in [2.45, 2.75) is 32.9 Å². The Hall–Kier alpha value is -3.23. The Morgan fingerprint density at radius 1 is 1.19 bits per heavy atom. The number of hydrogen-bond donors (Lipinski definition) is 3. The van der Waals surface area contributed by atoms with Crippen LogP contribution in [0.4, 0.5) is 0 Å². The molecule has 2 amide bonds. The van der Waals surface area contributed by atoms with Crippen molar-refractivity contribution in [1.82, 2.24) is 20.4 Å². The largest absolute Gasteiger partial charge is 0.480 e. The average molecular weight is 374 g/mol. The van der Waals surface area contributed by atoms with Crippen molar-refractivity contribution in [2.75, 3.05) is 6.54 Å². The fraction of sp³-hybridized carbons (Fsp3) is 0.389. The lowest BCUT2D eigenvalue weighted by atomic mass is 10.0. The molecule has 9 heteroatoms. The topological polar surface area (TPSA) is 130 Å². The summed E-state index contributed by atoms with van der Waals surface area (Å²) in [7, 11) is 0. The van der Waals surface area contributed by atoms with Crippen LogP contribution in [0, 0.1) is 5.92 Å². The summed E-state index contributed by atoms with van der Waals surface area (Å²) in [6.07, 6.45) is 1.77. The first-order chi connectivity index (χ1) is 12.8. The molecule has 144 valence electrons. The Morgan fingerprint density at radius 2 is 1.89 bits per heavy atom. The second kappa shape index (κ2) is 8.93. The normalized spacial score (nSPS) is 12.0. The number of carbonyl (C=O) groups is 3. The lowest BCUT2D eigenvalue weighted by Crippen LogP contribution is -2.46. The maximum Gasteiger partial charge on any atom is 0.326 e. The van der Waals surface area contributed by atoms with Crippen LogP contribution in [0.1, 0.15) is 20.3 Å². The summed E-state index contributed by atoms with van der Waals surface area (Å²) in [4.78, 5) is 47.3. The summed E-state index contributed by atoms with van der Waals surface area (Å²) < 4.78 is 1.01. The molecular weight excluding hydrogens is 352 g/mol. The zero-order valence-electron chi connectivity index (χ0n) is 15.1. The number of fused-ring (bicyclic) bond motifs is 1. The van der Waals surface area contributed by atoms with E-state index in [0.29, 0.717) is 10.8 Å². The number of aliphatic carboxylic acids is 1. The van der Waals surface area contributed by atoms with Crippen LogP contribution in [0.15, 0.2) is 35.3 Å². The molecule has 0 spiro atoms. The highest BCUT2D eigenvalue weighted by Crippen LogP contribution is 2.06. The highest BCUT2D eigenvalue weighted by Gasteiger charge is 2.21. The molecule has 0 bridgehead atoms. The molecule has 0 aliphatic heterocycles. The molecular formula is C18H22N4O5. The first-order valence-corrected chi connectivity index (χ1v) is 8.51. The summed E-state index contributed by atoms with van der Waals surface area (Å²) in [6.45, 7) is 2.96. The Morgan fingerprint density at radius 3 is 2.56 bits per heavy atom. The van der Waals surface area contributed by atoms with Gasteiger partial charge in [0, 0.05) is 5.39 Å². The number of carbonyl (C=O) groups excluding carboxylic acids is 2. The molecule has 1 heterocycles. The Kier molecular flexibility index (Phi) is 6.64. The van der Waals surface area contributed by atoms with E-state index in [9.17, 15) is 19.2 Å². The zero-order valence-corrected chi connectivity index (χ0v) is 15.1. The van der Waals surface area contributed by atoms with Crippen molar-refractivity contribution in [3.05, 3.63) is 40.8 Å². The number of nitrogens with zero attached hydrogens (tertiary/aromatic N) is 2. The van der Waals surface area contributed by atoms with E-state index in [4.69, 9.17) is 5.11 Å². The molecule has 3 N–H and O–H groups in total. The second-order valence-corrected chi connectivity index (χ2v) is 6.56. The minimum Gasteiger partial charge on any atom is -0.480 e. The number of hydrogen-bond acceptors (Lipinski definition) is 5. The fourth-order valence-corrected chi connectivity index (χ4v) is 2.55. The first-order valence-electron chi connectivity index (χ1n) is 8.51. The predicted octanol–water partition coefficient (Wildman–Crippen LogP) is 0.128. The molecule has 2 aromatic rings. The van der Waals surface area contributed by atoms with Gasteiger partial charge in [0.1, 0.15) is 12.6 Å². The third kappa shape index (κ3) is 5.63. The van der Waals surface area contributed by atoms with Gasteiger partial charge in [-0.3, -0.25) is 14.4 Å². The molecule has 0 fully saturated rings. The van der Waals surface area contributed by atoms with E-state index in [1.165, 1.54) is 6.20 Å². The number of carboxylic acids is 1. The van der Waals surface area contributed by atoms with Crippen LogP contribution in [-0.2, 0) is 20.9 Å². The van der Waals surface area contributed by atoms with E-state index in [-0.39, 0.29) is 25.4 Å². The first kappa shape index (κ1) is 20.1. The number of rotatable bonds is 8. The predicted molar refractivity (Wildman–Crippen MR) is 98.0 cm³/mol. The number of aromatic nitrogens is 2. The Balaban J connectivity index is 1.92. The maximum atomic E-state index is 12.3. The molecule has 0 aliphatic rings. The minimum absolute atomic E-state index is 0.0897. The Bertz CT molecular complexity index is 906. The van der Waals surface area contributed by atoms with Crippen molar-refractivity contribution < 1.29 is 19.5 Å². The molecule has 0 radical (unpaired) electrons. The third-order valence-electron chi connectivity index (χ3n) is 3.84. The molecule has 0 aliphatic carbocycles. The number of amides is 2. The lowest BCUT2D eigenvalue weighted by Gasteiger charge is -2.16. The molecule has 1 aromatic heterocycles. The highest BCUT2D eigenvalue weighted by molar-refractivity contribution is 5.88.